The molecule has 0 spiro atoms. The Labute approximate surface area is 143 Å². The van der Waals surface area contributed by atoms with Crippen LogP contribution in [0.15, 0.2) is 29.3 Å². The molecule has 0 aliphatic heterocycles. The summed E-state index contributed by atoms with van der Waals surface area (Å²) < 4.78 is 29.4. The molecule has 136 valence electrons. The van der Waals surface area contributed by atoms with E-state index in [1.807, 2.05) is 13.8 Å². The SMILES string of the molecule is CCNC(=NCC(C)Oc1ccccc1F)NCCOCCOC. The van der Waals surface area contributed by atoms with E-state index in [9.17, 15) is 4.39 Å². The fourth-order valence-electron chi connectivity index (χ4n) is 1.84. The molecular weight excluding hydrogens is 313 g/mol. The summed E-state index contributed by atoms with van der Waals surface area (Å²) in [6.45, 7) is 7.36. The summed E-state index contributed by atoms with van der Waals surface area (Å²) in [5.41, 5.74) is 0. The number of para-hydroxylation sites is 1. The lowest BCUT2D eigenvalue weighted by molar-refractivity contribution is 0.0733. The highest BCUT2D eigenvalue weighted by Gasteiger charge is 2.08. The smallest absolute Gasteiger partial charge is 0.191 e. The predicted octanol–water partition coefficient (Wildman–Crippen LogP) is 1.81. The molecule has 7 heteroatoms. The van der Waals surface area contributed by atoms with Crippen LogP contribution in [-0.4, -0.2) is 58.6 Å². The maximum Gasteiger partial charge on any atom is 0.191 e. The van der Waals surface area contributed by atoms with Crippen molar-refractivity contribution in [1.29, 1.82) is 0 Å². The zero-order chi connectivity index (χ0) is 17.6. The highest BCUT2D eigenvalue weighted by Crippen LogP contribution is 2.16. The molecule has 2 N–H and O–H groups in total. The molecule has 1 atom stereocenters. The number of guanidine groups is 1. The van der Waals surface area contributed by atoms with Crippen molar-refractivity contribution in [3.05, 3.63) is 30.1 Å². The van der Waals surface area contributed by atoms with Gasteiger partial charge in [0.25, 0.3) is 0 Å². The van der Waals surface area contributed by atoms with Gasteiger partial charge < -0.3 is 24.8 Å². The Morgan fingerprint density at radius 3 is 2.71 bits per heavy atom. The van der Waals surface area contributed by atoms with E-state index in [1.165, 1.54) is 6.07 Å². The number of hydrogen-bond acceptors (Lipinski definition) is 4. The maximum absolute atomic E-state index is 13.6. The number of rotatable bonds is 11. The van der Waals surface area contributed by atoms with E-state index in [0.29, 0.717) is 38.9 Å². The van der Waals surface area contributed by atoms with Crippen molar-refractivity contribution in [1.82, 2.24) is 10.6 Å². The van der Waals surface area contributed by atoms with Crippen molar-refractivity contribution in [3.8, 4) is 5.75 Å². The Balaban J connectivity index is 2.36. The Morgan fingerprint density at radius 1 is 1.21 bits per heavy atom. The van der Waals surface area contributed by atoms with Crippen LogP contribution >= 0.6 is 0 Å². The molecule has 1 rings (SSSR count). The molecule has 6 nitrogen and oxygen atoms in total. The van der Waals surface area contributed by atoms with E-state index >= 15 is 0 Å². The van der Waals surface area contributed by atoms with Gasteiger partial charge in [0.05, 0.1) is 26.4 Å². The molecule has 0 heterocycles. The molecule has 0 saturated carbocycles. The molecule has 24 heavy (non-hydrogen) atoms. The van der Waals surface area contributed by atoms with E-state index in [-0.39, 0.29) is 17.7 Å². The zero-order valence-electron chi connectivity index (χ0n) is 14.7. The molecule has 0 aliphatic rings. The van der Waals surface area contributed by atoms with Gasteiger partial charge in [-0.25, -0.2) is 9.38 Å². The minimum absolute atomic E-state index is 0.240. The van der Waals surface area contributed by atoms with Crippen molar-refractivity contribution in [2.45, 2.75) is 20.0 Å². The molecule has 0 amide bonds. The van der Waals surface area contributed by atoms with Crippen molar-refractivity contribution < 1.29 is 18.6 Å². The first-order chi connectivity index (χ1) is 11.7. The summed E-state index contributed by atoms with van der Waals surface area (Å²) in [5, 5.41) is 6.32. The van der Waals surface area contributed by atoms with Crippen LogP contribution in [0.1, 0.15) is 13.8 Å². The molecule has 0 saturated heterocycles. The topological polar surface area (TPSA) is 64.1 Å². The van der Waals surface area contributed by atoms with Gasteiger partial charge in [-0.1, -0.05) is 12.1 Å². The van der Waals surface area contributed by atoms with Gasteiger partial charge in [-0.05, 0) is 26.0 Å². The largest absolute Gasteiger partial charge is 0.486 e. The zero-order valence-corrected chi connectivity index (χ0v) is 14.7. The first-order valence-electron chi connectivity index (χ1n) is 8.17. The highest BCUT2D eigenvalue weighted by molar-refractivity contribution is 5.79. The lowest BCUT2D eigenvalue weighted by atomic mass is 10.3. The molecule has 0 aliphatic carbocycles. The molecule has 1 aromatic carbocycles. The number of benzene rings is 1. The van der Waals surface area contributed by atoms with Gasteiger partial charge in [-0.3, -0.25) is 0 Å². The molecule has 1 unspecified atom stereocenters. The first kappa shape index (κ1) is 20.2. The van der Waals surface area contributed by atoms with Crippen LogP contribution in [0.2, 0.25) is 0 Å². The number of ether oxygens (including phenoxy) is 3. The van der Waals surface area contributed by atoms with E-state index in [1.54, 1.807) is 25.3 Å². The predicted molar refractivity (Wildman–Crippen MR) is 93.2 cm³/mol. The average Bonchev–Trinajstić information content (AvgIpc) is 2.57. The number of nitrogens with zero attached hydrogens (tertiary/aromatic N) is 1. The van der Waals surface area contributed by atoms with Crippen molar-refractivity contribution >= 4 is 5.96 Å². The number of aliphatic imine (C=N–C) groups is 1. The van der Waals surface area contributed by atoms with E-state index in [4.69, 9.17) is 14.2 Å². The van der Waals surface area contributed by atoms with E-state index in [2.05, 4.69) is 15.6 Å². The number of halogens is 1. The van der Waals surface area contributed by atoms with Crippen LogP contribution in [0.5, 0.6) is 5.75 Å². The van der Waals surface area contributed by atoms with Crippen molar-refractivity contribution in [2.24, 2.45) is 4.99 Å². The van der Waals surface area contributed by atoms with E-state index in [0.717, 1.165) is 6.54 Å². The number of nitrogens with one attached hydrogen (secondary N) is 2. The summed E-state index contributed by atoms with van der Waals surface area (Å²) in [7, 11) is 1.64. The summed E-state index contributed by atoms with van der Waals surface area (Å²) in [4.78, 5) is 4.44. The quantitative estimate of drug-likeness (QED) is 0.365. The van der Waals surface area contributed by atoms with Gasteiger partial charge in [-0.15, -0.1) is 0 Å². The summed E-state index contributed by atoms with van der Waals surface area (Å²) >= 11 is 0. The minimum Gasteiger partial charge on any atom is -0.486 e. The lowest BCUT2D eigenvalue weighted by Crippen LogP contribution is -2.39. The van der Waals surface area contributed by atoms with Gasteiger partial charge in [0, 0.05) is 20.2 Å². The molecule has 1 aromatic rings. The van der Waals surface area contributed by atoms with Crippen LogP contribution in [0.3, 0.4) is 0 Å². The van der Waals surface area contributed by atoms with Gasteiger partial charge in [0.2, 0.25) is 0 Å². The minimum atomic E-state index is -0.369. The first-order valence-corrected chi connectivity index (χ1v) is 8.17. The Morgan fingerprint density at radius 2 is 2.00 bits per heavy atom. The van der Waals surface area contributed by atoms with Crippen LogP contribution < -0.4 is 15.4 Å². The van der Waals surface area contributed by atoms with Crippen LogP contribution in [-0.2, 0) is 9.47 Å². The normalized spacial score (nSPS) is 12.8. The second-order valence-electron chi connectivity index (χ2n) is 5.11. The fraction of sp³-hybridized carbons (Fsp3) is 0.588. The van der Waals surface area contributed by atoms with Crippen molar-refractivity contribution in [2.75, 3.05) is 46.6 Å². The van der Waals surface area contributed by atoms with Crippen LogP contribution in [0.4, 0.5) is 4.39 Å². The second-order valence-corrected chi connectivity index (χ2v) is 5.11. The third-order valence-corrected chi connectivity index (χ3v) is 2.99. The summed E-state index contributed by atoms with van der Waals surface area (Å²) in [6.07, 6.45) is -0.240. The van der Waals surface area contributed by atoms with Gasteiger partial charge in [0.15, 0.2) is 17.5 Å². The molecule has 0 radical (unpaired) electrons. The standard InChI is InChI=1S/C17H28FN3O3/c1-4-19-17(20-9-10-23-12-11-22-3)21-13-14(2)24-16-8-6-5-7-15(16)18/h5-8,14H,4,9-13H2,1-3H3,(H2,19,20,21). The summed E-state index contributed by atoms with van der Waals surface area (Å²) in [6, 6.07) is 6.35. The third kappa shape index (κ3) is 8.69. The summed E-state index contributed by atoms with van der Waals surface area (Å²) in [5.74, 6) is 0.549. The molecule has 0 bridgehead atoms. The lowest BCUT2D eigenvalue weighted by Gasteiger charge is -2.15. The van der Waals surface area contributed by atoms with Gasteiger partial charge in [-0.2, -0.15) is 0 Å². The van der Waals surface area contributed by atoms with Crippen molar-refractivity contribution in [3.63, 3.8) is 0 Å². The van der Waals surface area contributed by atoms with Gasteiger partial charge in [0.1, 0.15) is 6.10 Å². The number of hydrogen-bond donors (Lipinski definition) is 2. The third-order valence-electron chi connectivity index (χ3n) is 2.99. The monoisotopic (exact) mass is 341 g/mol. The molecule has 0 aromatic heterocycles. The highest BCUT2D eigenvalue weighted by atomic mass is 19.1. The fourth-order valence-corrected chi connectivity index (χ4v) is 1.84. The molecular formula is C17H28FN3O3. The van der Waals surface area contributed by atoms with E-state index < -0.39 is 0 Å². The average molecular weight is 341 g/mol. The Kier molecular flexibility index (Phi) is 10.6. The second kappa shape index (κ2) is 12.5. The Hall–Kier alpha value is -1.86. The van der Waals surface area contributed by atoms with Gasteiger partial charge >= 0.3 is 0 Å². The Bertz CT molecular complexity index is 486. The maximum atomic E-state index is 13.6. The van der Waals surface area contributed by atoms with Crippen LogP contribution in [0, 0.1) is 5.82 Å². The molecule has 0 fully saturated rings. The van der Waals surface area contributed by atoms with Crippen LogP contribution in [0.25, 0.3) is 0 Å². The number of methoxy groups -OCH3 is 1.